The Morgan fingerprint density at radius 1 is 1.53 bits per heavy atom. The Morgan fingerprint density at radius 2 is 2.29 bits per heavy atom. The smallest absolute Gasteiger partial charge is 0.109 e. The van der Waals surface area contributed by atoms with E-state index in [9.17, 15) is 0 Å². The minimum Gasteiger partial charge on any atom is -0.381 e. The summed E-state index contributed by atoms with van der Waals surface area (Å²) in [5, 5.41) is 3.61. The highest BCUT2D eigenvalue weighted by atomic mass is 16.5. The van der Waals surface area contributed by atoms with Crippen LogP contribution in [0.3, 0.4) is 0 Å². The molecule has 0 saturated carbocycles. The lowest BCUT2D eigenvalue weighted by molar-refractivity contribution is 0.0536. The van der Waals surface area contributed by atoms with Crippen LogP contribution in [0.4, 0.5) is 0 Å². The van der Waals surface area contributed by atoms with Crippen LogP contribution in [0.5, 0.6) is 0 Å². The second-order valence-corrected chi connectivity index (χ2v) is 4.77. The van der Waals surface area contributed by atoms with Gasteiger partial charge in [0.15, 0.2) is 0 Å². The predicted molar refractivity (Wildman–Crippen MR) is 67.9 cm³/mol. The highest BCUT2D eigenvalue weighted by Crippen LogP contribution is 2.21. The fourth-order valence-corrected chi connectivity index (χ4v) is 2.58. The van der Waals surface area contributed by atoms with Crippen molar-refractivity contribution in [3.63, 3.8) is 0 Å². The zero-order valence-electron chi connectivity index (χ0n) is 10.9. The first-order valence-electron chi connectivity index (χ1n) is 6.58. The van der Waals surface area contributed by atoms with E-state index in [-0.39, 0.29) is 0 Å². The molecule has 0 amide bonds. The number of aryl methyl sites for hydroxylation is 1. The number of nitrogens with zero attached hydrogens (tertiary/aromatic N) is 2. The minimum atomic E-state index is 0.532. The first-order chi connectivity index (χ1) is 8.31. The normalized spacial score (nSPS) is 19.4. The van der Waals surface area contributed by atoms with Gasteiger partial charge in [0.25, 0.3) is 0 Å². The van der Waals surface area contributed by atoms with Gasteiger partial charge in [-0.25, -0.2) is 4.98 Å². The van der Waals surface area contributed by atoms with Crippen LogP contribution in [0, 0.1) is 5.92 Å². The monoisotopic (exact) mass is 237 g/mol. The predicted octanol–water partition coefficient (Wildman–Crippen LogP) is 1.37. The largest absolute Gasteiger partial charge is 0.381 e. The summed E-state index contributed by atoms with van der Waals surface area (Å²) >= 11 is 0. The van der Waals surface area contributed by atoms with Crippen LogP contribution in [-0.4, -0.2) is 35.4 Å². The van der Waals surface area contributed by atoms with E-state index in [0.29, 0.717) is 6.04 Å². The molecule has 0 bridgehead atoms. The maximum absolute atomic E-state index is 5.44. The molecule has 1 aromatic rings. The van der Waals surface area contributed by atoms with Crippen molar-refractivity contribution in [2.24, 2.45) is 13.0 Å². The van der Waals surface area contributed by atoms with Crippen LogP contribution in [0.15, 0.2) is 12.4 Å². The minimum absolute atomic E-state index is 0.532. The average Bonchev–Trinajstić information content (AvgIpc) is 2.76. The van der Waals surface area contributed by atoms with Crippen LogP contribution < -0.4 is 5.32 Å². The van der Waals surface area contributed by atoms with Crippen LogP contribution in [-0.2, 0) is 18.2 Å². The number of likely N-dealkylation sites (N-methyl/N-ethyl adjacent to an activating group) is 1. The van der Waals surface area contributed by atoms with Crippen LogP contribution in [0.25, 0.3) is 0 Å². The van der Waals surface area contributed by atoms with Crippen molar-refractivity contribution in [2.45, 2.75) is 32.2 Å². The fourth-order valence-electron chi connectivity index (χ4n) is 2.58. The maximum atomic E-state index is 5.44. The second kappa shape index (κ2) is 6.17. The van der Waals surface area contributed by atoms with E-state index in [0.717, 1.165) is 32.1 Å². The highest BCUT2D eigenvalue weighted by molar-refractivity contribution is 4.96. The molecule has 2 heterocycles. The topological polar surface area (TPSA) is 39.1 Å². The van der Waals surface area contributed by atoms with Crippen LogP contribution >= 0.6 is 0 Å². The molecular formula is C13H23N3O. The van der Waals surface area contributed by atoms with Crippen molar-refractivity contribution >= 4 is 0 Å². The summed E-state index contributed by atoms with van der Waals surface area (Å²) in [6.45, 7) is 5.01. The Bertz CT molecular complexity index is 331. The van der Waals surface area contributed by atoms with Crippen molar-refractivity contribution in [1.29, 1.82) is 0 Å². The van der Waals surface area contributed by atoms with E-state index in [2.05, 4.69) is 28.8 Å². The summed E-state index contributed by atoms with van der Waals surface area (Å²) < 4.78 is 7.55. The fraction of sp³-hybridized carbons (Fsp3) is 0.769. The van der Waals surface area contributed by atoms with Gasteiger partial charge in [-0.15, -0.1) is 0 Å². The van der Waals surface area contributed by atoms with Gasteiger partial charge in [-0.05, 0) is 25.3 Å². The van der Waals surface area contributed by atoms with Gasteiger partial charge in [0.2, 0.25) is 0 Å². The highest BCUT2D eigenvalue weighted by Gasteiger charge is 2.24. The SMILES string of the molecule is CCNC(Cc1nccn1C)C1CCOCC1. The van der Waals surface area contributed by atoms with E-state index in [1.165, 1.54) is 18.7 Å². The zero-order chi connectivity index (χ0) is 12.1. The number of nitrogens with one attached hydrogen (secondary N) is 1. The summed E-state index contributed by atoms with van der Waals surface area (Å²) in [7, 11) is 2.06. The van der Waals surface area contributed by atoms with E-state index in [4.69, 9.17) is 4.74 Å². The summed E-state index contributed by atoms with van der Waals surface area (Å²) in [6, 6.07) is 0.532. The lowest BCUT2D eigenvalue weighted by atomic mass is 9.89. The summed E-state index contributed by atoms with van der Waals surface area (Å²) in [4.78, 5) is 4.42. The van der Waals surface area contributed by atoms with Gasteiger partial charge in [-0.2, -0.15) is 0 Å². The molecule has 0 radical (unpaired) electrons. The third-order valence-corrected chi connectivity index (χ3v) is 3.62. The average molecular weight is 237 g/mol. The van der Waals surface area contributed by atoms with Gasteiger partial charge < -0.3 is 14.6 Å². The first kappa shape index (κ1) is 12.6. The summed E-state index contributed by atoms with van der Waals surface area (Å²) in [6.07, 6.45) is 7.25. The molecule has 1 aromatic heterocycles. The van der Waals surface area contributed by atoms with E-state index in [1.807, 2.05) is 12.4 Å². The molecule has 1 aliphatic heterocycles. The van der Waals surface area contributed by atoms with Crippen molar-refractivity contribution in [3.8, 4) is 0 Å². The Balaban J connectivity index is 1.98. The molecule has 4 heteroatoms. The Labute approximate surface area is 103 Å². The van der Waals surface area contributed by atoms with Crippen molar-refractivity contribution in [2.75, 3.05) is 19.8 Å². The molecule has 1 aliphatic rings. The number of aromatic nitrogens is 2. The van der Waals surface area contributed by atoms with Crippen molar-refractivity contribution < 1.29 is 4.74 Å². The molecule has 1 atom stereocenters. The molecule has 0 aliphatic carbocycles. The molecule has 1 saturated heterocycles. The third-order valence-electron chi connectivity index (χ3n) is 3.62. The van der Waals surface area contributed by atoms with E-state index >= 15 is 0 Å². The number of hydrogen-bond donors (Lipinski definition) is 1. The maximum Gasteiger partial charge on any atom is 0.109 e. The van der Waals surface area contributed by atoms with Crippen molar-refractivity contribution in [1.82, 2.24) is 14.9 Å². The first-order valence-corrected chi connectivity index (χ1v) is 6.58. The van der Waals surface area contributed by atoms with Gasteiger partial charge >= 0.3 is 0 Å². The molecule has 1 fully saturated rings. The van der Waals surface area contributed by atoms with Gasteiger partial charge in [0, 0.05) is 45.1 Å². The lowest BCUT2D eigenvalue weighted by Gasteiger charge is -2.30. The van der Waals surface area contributed by atoms with Crippen LogP contribution in [0.2, 0.25) is 0 Å². The van der Waals surface area contributed by atoms with E-state index in [1.54, 1.807) is 0 Å². The Kier molecular flexibility index (Phi) is 4.57. The third kappa shape index (κ3) is 3.30. The molecule has 2 rings (SSSR count). The quantitative estimate of drug-likeness (QED) is 0.840. The molecule has 17 heavy (non-hydrogen) atoms. The molecule has 4 nitrogen and oxygen atoms in total. The number of rotatable bonds is 5. The standard InChI is InChI=1S/C13H23N3O/c1-3-14-12(11-4-8-17-9-5-11)10-13-15-6-7-16(13)2/h6-7,11-12,14H,3-5,8-10H2,1-2H3. The van der Waals surface area contributed by atoms with Crippen molar-refractivity contribution in [3.05, 3.63) is 18.2 Å². The summed E-state index contributed by atoms with van der Waals surface area (Å²) in [5.41, 5.74) is 0. The number of hydrogen-bond acceptors (Lipinski definition) is 3. The molecule has 0 spiro atoms. The molecular weight excluding hydrogens is 214 g/mol. The second-order valence-electron chi connectivity index (χ2n) is 4.77. The van der Waals surface area contributed by atoms with Gasteiger partial charge in [-0.1, -0.05) is 6.92 Å². The molecule has 0 aromatic carbocycles. The summed E-state index contributed by atoms with van der Waals surface area (Å²) in [5.74, 6) is 1.89. The lowest BCUT2D eigenvalue weighted by Crippen LogP contribution is -2.41. The Hall–Kier alpha value is -0.870. The number of ether oxygens (including phenoxy) is 1. The Morgan fingerprint density at radius 3 is 2.88 bits per heavy atom. The van der Waals surface area contributed by atoms with E-state index < -0.39 is 0 Å². The van der Waals surface area contributed by atoms with Gasteiger partial charge in [0.1, 0.15) is 5.82 Å². The van der Waals surface area contributed by atoms with Crippen LogP contribution in [0.1, 0.15) is 25.6 Å². The number of imidazole rings is 1. The van der Waals surface area contributed by atoms with Gasteiger partial charge in [0.05, 0.1) is 0 Å². The molecule has 1 unspecified atom stereocenters. The zero-order valence-corrected chi connectivity index (χ0v) is 10.9. The van der Waals surface area contributed by atoms with Gasteiger partial charge in [-0.3, -0.25) is 0 Å². The molecule has 1 N–H and O–H groups in total. The molecule has 96 valence electrons.